The Kier molecular flexibility index (Phi) is 2.76. The molecule has 5 nitrogen and oxygen atoms in total. The van der Waals surface area contributed by atoms with Crippen molar-refractivity contribution >= 4 is 5.65 Å². The third kappa shape index (κ3) is 1.80. The third-order valence-corrected chi connectivity index (χ3v) is 3.75. The van der Waals surface area contributed by atoms with E-state index in [9.17, 15) is 0 Å². The van der Waals surface area contributed by atoms with Gasteiger partial charge in [-0.1, -0.05) is 12.8 Å². The Morgan fingerprint density at radius 3 is 3.06 bits per heavy atom. The minimum Gasteiger partial charge on any atom is -0.330 e. The van der Waals surface area contributed by atoms with Crippen molar-refractivity contribution in [3.05, 3.63) is 24.2 Å². The first-order valence-electron chi connectivity index (χ1n) is 6.26. The van der Waals surface area contributed by atoms with Crippen LogP contribution >= 0.6 is 0 Å². The van der Waals surface area contributed by atoms with Crippen molar-refractivity contribution in [1.82, 2.24) is 19.8 Å². The van der Waals surface area contributed by atoms with Crippen molar-refractivity contribution in [2.24, 2.45) is 11.7 Å². The van der Waals surface area contributed by atoms with Crippen molar-refractivity contribution in [2.45, 2.75) is 31.6 Å². The average molecular weight is 231 g/mol. The summed E-state index contributed by atoms with van der Waals surface area (Å²) in [5.41, 5.74) is 6.69. The lowest BCUT2D eigenvalue weighted by Crippen LogP contribution is -2.26. The van der Waals surface area contributed by atoms with Crippen LogP contribution in [0.25, 0.3) is 5.65 Å². The van der Waals surface area contributed by atoms with E-state index in [4.69, 9.17) is 5.73 Å². The number of nitrogens with two attached hydrogens (primary N) is 1. The molecule has 0 radical (unpaired) electrons. The normalized spacial score (nSPS) is 25.2. The Morgan fingerprint density at radius 1 is 1.29 bits per heavy atom. The Bertz CT molecular complexity index is 506. The fraction of sp³-hybridized carbons (Fsp3) is 0.583. The number of rotatable bonds is 2. The van der Waals surface area contributed by atoms with E-state index >= 15 is 0 Å². The van der Waals surface area contributed by atoms with Gasteiger partial charge in [0.05, 0.1) is 0 Å². The number of aromatic nitrogens is 4. The number of fused-ring (bicyclic) bond motifs is 1. The third-order valence-electron chi connectivity index (χ3n) is 3.75. The number of hydrogen-bond donors (Lipinski definition) is 1. The Hall–Kier alpha value is -1.49. The Labute approximate surface area is 100 Å². The van der Waals surface area contributed by atoms with E-state index in [0.717, 1.165) is 24.4 Å². The molecule has 90 valence electrons. The molecule has 1 aliphatic rings. The average Bonchev–Trinajstić information content (AvgIpc) is 2.82. The van der Waals surface area contributed by atoms with Crippen LogP contribution in [0.5, 0.6) is 0 Å². The monoisotopic (exact) mass is 231 g/mol. The lowest BCUT2D eigenvalue weighted by molar-refractivity contribution is 0.301. The zero-order valence-corrected chi connectivity index (χ0v) is 9.79. The summed E-state index contributed by atoms with van der Waals surface area (Å²) in [5, 5.41) is 12.8. The smallest absolute Gasteiger partial charge is 0.177 e. The van der Waals surface area contributed by atoms with Gasteiger partial charge in [-0.05, 0) is 37.4 Å². The molecule has 2 aromatic rings. The molecule has 0 aromatic carbocycles. The number of nitrogens with zero attached hydrogens (tertiary/aromatic N) is 4. The van der Waals surface area contributed by atoms with E-state index in [-0.39, 0.29) is 0 Å². The van der Waals surface area contributed by atoms with E-state index in [0.29, 0.717) is 11.8 Å². The molecule has 0 amide bonds. The zero-order valence-electron chi connectivity index (χ0n) is 9.79. The number of hydrogen-bond acceptors (Lipinski definition) is 4. The van der Waals surface area contributed by atoms with Crippen molar-refractivity contribution in [1.29, 1.82) is 0 Å². The minimum atomic E-state index is 0.415. The van der Waals surface area contributed by atoms with Crippen LogP contribution in [0.4, 0.5) is 0 Å². The summed E-state index contributed by atoms with van der Waals surface area (Å²) in [5.74, 6) is 1.92. The van der Waals surface area contributed by atoms with Crippen LogP contribution in [-0.2, 0) is 0 Å². The van der Waals surface area contributed by atoms with Crippen molar-refractivity contribution in [3.63, 3.8) is 0 Å². The van der Waals surface area contributed by atoms with Gasteiger partial charge in [0, 0.05) is 12.1 Å². The molecule has 2 aromatic heterocycles. The van der Waals surface area contributed by atoms with E-state index in [1.165, 1.54) is 19.3 Å². The molecule has 2 N–H and O–H groups in total. The van der Waals surface area contributed by atoms with Crippen LogP contribution in [0.15, 0.2) is 18.3 Å². The van der Waals surface area contributed by atoms with E-state index in [1.54, 1.807) is 6.20 Å². The lowest BCUT2D eigenvalue weighted by Gasteiger charge is -2.28. The van der Waals surface area contributed by atoms with Gasteiger partial charge in [0.15, 0.2) is 11.5 Å². The maximum absolute atomic E-state index is 5.87. The molecule has 1 saturated carbocycles. The minimum absolute atomic E-state index is 0.415. The topological polar surface area (TPSA) is 69.1 Å². The molecule has 3 rings (SSSR count). The van der Waals surface area contributed by atoms with Crippen molar-refractivity contribution < 1.29 is 0 Å². The fourth-order valence-corrected chi connectivity index (χ4v) is 2.82. The zero-order chi connectivity index (χ0) is 11.7. The van der Waals surface area contributed by atoms with Crippen LogP contribution in [-0.4, -0.2) is 26.4 Å². The first-order chi connectivity index (χ1) is 8.40. The van der Waals surface area contributed by atoms with Gasteiger partial charge in [0.2, 0.25) is 0 Å². The van der Waals surface area contributed by atoms with Gasteiger partial charge in [0.1, 0.15) is 0 Å². The molecule has 0 aliphatic heterocycles. The van der Waals surface area contributed by atoms with Crippen LogP contribution in [0.3, 0.4) is 0 Å². The van der Waals surface area contributed by atoms with Gasteiger partial charge in [-0.15, -0.1) is 10.2 Å². The molecule has 5 heteroatoms. The highest BCUT2D eigenvalue weighted by Gasteiger charge is 2.29. The molecule has 0 saturated heterocycles. The SMILES string of the molecule is NCC1CCCCC1c1nnc2cccnn12. The predicted octanol–water partition coefficient (Wildman–Crippen LogP) is 1.36. The second-order valence-corrected chi connectivity index (χ2v) is 4.74. The van der Waals surface area contributed by atoms with Gasteiger partial charge in [-0.3, -0.25) is 0 Å². The summed E-state index contributed by atoms with van der Waals surface area (Å²) < 4.78 is 1.86. The molecular formula is C12H17N5. The van der Waals surface area contributed by atoms with Gasteiger partial charge in [-0.2, -0.15) is 9.61 Å². The molecular weight excluding hydrogens is 214 g/mol. The highest BCUT2D eigenvalue weighted by molar-refractivity contribution is 5.35. The molecule has 0 spiro atoms. The van der Waals surface area contributed by atoms with Crippen LogP contribution in [0.1, 0.15) is 37.4 Å². The van der Waals surface area contributed by atoms with Gasteiger partial charge < -0.3 is 5.73 Å². The van der Waals surface area contributed by atoms with Crippen molar-refractivity contribution in [3.8, 4) is 0 Å². The van der Waals surface area contributed by atoms with Crippen LogP contribution in [0, 0.1) is 5.92 Å². The first-order valence-corrected chi connectivity index (χ1v) is 6.26. The van der Waals surface area contributed by atoms with Crippen LogP contribution in [0.2, 0.25) is 0 Å². The summed E-state index contributed by atoms with van der Waals surface area (Å²) in [6, 6.07) is 3.82. The Morgan fingerprint density at radius 2 is 2.18 bits per heavy atom. The quantitative estimate of drug-likeness (QED) is 0.847. The van der Waals surface area contributed by atoms with Crippen LogP contribution < -0.4 is 5.73 Å². The van der Waals surface area contributed by atoms with Gasteiger partial charge in [0.25, 0.3) is 0 Å². The highest BCUT2D eigenvalue weighted by Crippen LogP contribution is 2.36. The highest BCUT2D eigenvalue weighted by atomic mass is 15.4. The predicted molar refractivity (Wildman–Crippen MR) is 64.5 cm³/mol. The largest absolute Gasteiger partial charge is 0.330 e. The van der Waals surface area contributed by atoms with Gasteiger partial charge in [-0.25, -0.2) is 0 Å². The maximum Gasteiger partial charge on any atom is 0.177 e. The van der Waals surface area contributed by atoms with Gasteiger partial charge >= 0.3 is 0 Å². The summed E-state index contributed by atoms with van der Waals surface area (Å²) >= 11 is 0. The van der Waals surface area contributed by atoms with E-state index in [2.05, 4.69) is 15.3 Å². The lowest BCUT2D eigenvalue weighted by atomic mass is 9.79. The molecule has 2 unspecified atom stereocenters. The van der Waals surface area contributed by atoms with E-state index < -0.39 is 0 Å². The first kappa shape index (κ1) is 10.7. The van der Waals surface area contributed by atoms with E-state index in [1.807, 2.05) is 16.6 Å². The molecule has 2 heterocycles. The summed E-state index contributed by atoms with van der Waals surface area (Å²) in [6.07, 6.45) is 6.66. The standard InChI is InChI=1S/C12H17N5/c13-8-9-4-1-2-5-10(9)12-16-15-11-6-3-7-14-17(11)12/h3,6-7,9-10H,1-2,4-5,8,13H2. The molecule has 2 atom stereocenters. The fourth-order valence-electron chi connectivity index (χ4n) is 2.82. The molecule has 1 aliphatic carbocycles. The molecule has 17 heavy (non-hydrogen) atoms. The molecule has 1 fully saturated rings. The van der Waals surface area contributed by atoms with Crippen molar-refractivity contribution in [2.75, 3.05) is 6.54 Å². The Balaban J connectivity index is 2.01. The summed E-state index contributed by atoms with van der Waals surface area (Å²) in [6.45, 7) is 0.729. The second-order valence-electron chi connectivity index (χ2n) is 4.74. The summed E-state index contributed by atoms with van der Waals surface area (Å²) in [7, 11) is 0. The summed E-state index contributed by atoms with van der Waals surface area (Å²) in [4.78, 5) is 0. The second kappa shape index (κ2) is 4.41. The molecule has 0 bridgehead atoms. The maximum atomic E-state index is 5.87.